The van der Waals surface area contributed by atoms with Gasteiger partial charge in [-0.25, -0.2) is 0 Å². The van der Waals surface area contributed by atoms with E-state index in [1.54, 1.807) is 6.20 Å². The first-order valence-corrected chi connectivity index (χ1v) is 11.5. The molecule has 2 aliphatic heterocycles. The Morgan fingerprint density at radius 3 is 2.52 bits per heavy atom. The number of nitriles is 1. The summed E-state index contributed by atoms with van der Waals surface area (Å²) in [4.78, 5) is 7.13. The fraction of sp³-hybridized carbons (Fsp3) is 0.538. The highest BCUT2D eigenvalue weighted by Gasteiger charge is 2.57. The monoisotopic (exact) mass is 437 g/mol. The highest BCUT2D eigenvalue weighted by molar-refractivity contribution is 6.30. The summed E-state index contributed by atoms with van der Waals surface area (Å²) in [5, 5.41) is 9.81. The molecule has 2 atom stereocenters. The SMILES string of the molecule is CC1(C)CO[C@@H]1[C@]1(CCc2ccc(C#N)cn2)CCN(C(C)(C)c2ccc(Cl)cc2)C1. The van der Waals surface area contributed by atoms with Gasteiger partial charge in [-0.15, -0.1) is 0 Å². The van der Waals surface area contributed by atoms with Gasteiger partial charge < -0.3 is 4.74 Å². The molecule has 4 rings (SSSR count). The van der Waals surface area contributed by atoms with Crippen molar-refractivity contribution in [2.75, 3.05) is 19.7 Å². The highest BCUT2D eigenvalue weighted by atomic mass is 35.5. The van der Waals surface area contributed by atoms with Crippen LogP contribution in [0.3, 0.4) is 0 Å². The van der Waals surface area contributed by atoms with E-state index >= 15 is 0 Å². The minimum absolute atomic E-state index is 0.0765. The van der Waals surface area contributed by atoms with Crippen LogP contribution < -0.4 is 0 Å². The fourth-order valence-corrected chi connectivity index (χ4v) is 5.61. The molecule has 3 heterocycles. The third-order valence-corrected chi connectivity index (χ3v) is 7.70. The van der Waals surface area contributed by atoms with E-state index in [-0.39, 0.29) is 22.5 Å². The number of hydrogen-bond donors (Lipinski definition) is 0. The van der Waals surface area contributed by atoms with Gasteiger partial charge >= 0.3 is 0 Å². The number of ether oxygens (including phenoxy) is 1. The van der Waals surface area contributed by atoms with E-state index in [0.717, 1.165) is 49.7 Å². The Morgan fingerprint density at radius 1 is 1.23 bits per heavy atom. The second-order valence-electron chi connectivity index (χ2n) is 10.4. The van der Waals surface area contributed by atoms with Crippen molar-refractivity contribution < 1.29 is 4.74 Å². The van der Waals surface area contributed by atoms with Gasteiger partial charge in [-0.1, -0.05) is 37.6 Å². The van der Waals surface area contributed by atoms with Gasteiger partial charge in [0, 0.05) is 39.8 Å². The number of aryl methyl sites for hydroxylation is 1. The van der Waals surface area contributed by atoms with E-state index in [1.807, 2.05) is 24.3 Å². The zero-order valence-electron chi connectivity index (χ0n) is 19.0. The summed E-state index contributed by atoms with van der Waals surface area (Å²) in [6.07, 6.45) is 4.99. The molecule has 4 nitrogen and oxygen atoms in total. The number of rotatable bonds is 6. The van der Waals surface area contributed by atoms with E-state index < -0.39 is 0 Å². The lowest BCUT2D eigenvalue weighted by Gasteiger charge is -2.54. The molecule has 1 aromatic heterocycles. The minimum Gasteiger partial charge on any atom is -0.376 e. The molecule has 0 unspecified atom stereocenters. The van der Waals surface area contributed by atoms with Crippen LogP contribution in [0.4, 0.5) is 0 Å². The molecule has 0 amide bonds. The Hall–Kier alpha value is -1.93. The van der Waals surface area contributed by atoms with Crippen molar-refractivity contribution in [1.29, 1.82) is 5.26 Å². The number of likely N-dealkylation sites (tertiary alicyclic amines) is 1. The van der Waals surface area contributed by atoms with Gasteiger partial charge in [0.1, 0.15) is 6.07 Å². The van der Waals surface area contributed by atoms with Crippen LogP contribution in [0.5, 0.6) is 0 Å². The van der Waals surface area contributed by atoms with Gasteiger partial charge in [0.2, 0.25) is 0 Å². The third kappa shape index (κ3) is 4.24. The number of halogens is 1. The first-order chi connectivity index (χ1) is 14.7. The molecule has 164 valence electrons. The lowest BCUT2D eigenvalue weighted by atomic mass is 9.64. The number of aromatic nitrogens is 1. The summed E-state index contributed by atoms with van der Waals surface area (Å²) in [5.74, 6) is 0. The van der Waals surface area contributed by atoms with Crippen molar-refractivity contribution in [1.82, 2.24) is 9.88 Å². The van der Waals surface area contributed by atoms with E-state index in [0.29, 0.717) is 5.56 Å². The summed E-state index contributed by atoms with van der Waals surface area (Å²) >= 11 is 6.13. The van der Waals surface area contributed by atoms with E-state index in [2.05, 4.69) is 55.8 Å². The van der Waals surface area contributed by atoms with Gasteiger partial charge in [0.25, 0.3) is 0 Å². The Bertz CT molecular complexity index is 962. The lowest BCUT2D eigenvalue weighted by Crippen LogP contribution is -2.59. The van der Waals surface area contributed by atoms with Crippen LogP contribution >= 0.6 is 11.6 Å². The van der Waals surface area contributed by atoms with Crippen molar-refractivity contribution in [3.63, 3.8) is 0 Å². The van der Waals surface area contributed by atoms with Crippen molar-refractivity contribution in [2.24, 2.45) is 10.8 Å². The van der Waals surface area contributed by atoms with E-state index in [1.165, 1.54) is 5.56 Å². The summed E-state index contributed by atoms with van der Waals surface area (Å²) < 4.78 is 6.23. The number of nitrogens with zero attached hydrogens (tertiary/aromatic N) is 3. The van der Waals surface area contributed by atoms with Crippen LogP contribution in [-0.2, 0) is 16.7 Å². The first kappa shape index (κ1) is 22.3. The maximum absolute atomic E-state index is 9.04. The predicted molar refractivity (Wildman–Crippen MR) is 124 cm³/mol. The lowest BCUT2D eigenvalue weighted by molar-refractivity contribution is -0.224. The zero-order valence-corrected chi connectivity index (χ0v) is 19.7. The molecule has 2 aliphatic rings. The molecule has 0 saturated carbocycles. The molecule has 1 aromatic carbocycles. The van der Waals surface area contributed by atoms with Crippen LogP contribution in [0, 0.1) is 22.2 Å². The molecule has 5 heteroatoms. The second kappa shape index (κ2) is 8.20. The normalized spacial score (nSPS) is 25.7. The smallest absolute Gasteiger partial charge is 0.101 e. The van der Waals surface area contributed by atoms with Crippen LogP contribution in [0.15, 0.2) is 42.6 Å². The van der Waals surface area contributed by atoms with Gasteiger partial charge in [-0.3, -0.25) is 9.88 Å². The van der Waals surface area contributed by atoms with Crippen molar-refractivity contribution in [3.8, 4) is 6.07 Å². The summed E-state index contributed by atoms with van der Waals surface area (Å²) in [6.45, 7) is 12.2. The zero-order chi connectivity index (χ0) is 22.3. The molecule has 0 radical (unpaired) electrons. The van der Waals surface area contributed by atoms with Crippen LogP contribution in [0.2, 0.25) is 5.02 Å². The number of hydrogen-bond acceptors (Lipinski definition) is 4. The Kier molecular flexibility index (Phi) is 5.89. The van der Waals surface area contributed by atoms with Gasteiger partial charge in [0.05, 0.1) is 18.3 Å². The quantitative estimate of drug-likeness (QED) is 0.590. The minimum atomic E-state index is -0.0765. The largest absolute Gasteiger partial charge is 0.376 e. The summed E-state index contributed by atoms with van der Waals surface area (Å²) in [5.41, 5.74) is 3.16. The number of benzene rings is 1. The average Bonchev–Trinajstić information content (AvgIpc) is 3.18. The van der Waals surface area contributed by atoms with Gasteiger partial charge in [-0.05, 0) is 69.5 Å². The average molecular weight is 438 g/mol. The molecule has 0 N–H and O–H groups in total. The predicted octanol–water partition coefficient (Wildman–Crippen LogP) is 5.59. The van der Waals surface area contributed by atoms with Crippen molar-refractivity contribution in [2.45, 2.75) is 58.6 Å². The number of pyridine rings is 1. The maximum Gasteiger partial charge on any atom is 0.101 e. The topological polar surface area (TPSA) is 49.1 Å². The van der Waals surface area contributed by atoms with Crippen LogP contribution in [0.1, 0.15) is 57.4 Å². The highest BCUT2D eigenvalue weighted by Crippen LogP contribution is 2.53. The molecular weight excluding hydrogens is 406 g/mol. The maximum atomic E-state index is 9.04. The van der Waals surface area contributed by atoms with Gasteiger partial charge in [0.15, 0.2) is 0 Å². The molecule has 0 aliphatic carbocycles. The summed E-state index contributed by atoms with van der Waals surface area (Å²) in [7, 11) is 0. The molecule has 0 bridgehead atoms. The van der Waals surface area contributed by atoms with E-state index in [4.69, 9.17) is 21.6 Å². The van der Waals surface area contributed by atoms with Crippen molar-refractivity contribution in [3.05, 3.63) is 64.4 Å². The standard InChI is InChI=1S/C26H32ClN3O/c1-24(2)18-31-23(24)26(12-11-22-10-5-19(15-28)16-29-22)13-14-30(17-26)25(3,4)20-6-8-21(27)9-7-20/h5-10,16,23H,11-14,17-18H2,1-4H3/t23-,26+/m0/s1. The molecule has 2 fully saturated rings. The molecule has 31 heavy (non-hydrogen) atoms. The molecular formula is C26H32ClN3O. The summed E-state index contributed by atoms with van der Waals surface area (Å²) in [6, 6.07) is 14.3. The first-order valence-electron chi connectivity index (χ1n) is 11.1. The fourth-order valence-electron chi connectivity index (χ4n) is 5.48. The third-order valence-electron chi connectivity index (χ3n) is 7.45. The Morgan fingerprint density at radius 2 is 1.97 bits per heavy atom. The Labute approximate surface area is 191 Å². The van der Waals surface area contributed by atoms with Gasteiger partial charge in [-0.2, -0.15) is 5.26 Å². The van der Waals surface area contributed by atoms with Crippen LogP contribution in [0.25, 0.3) is 0 Å². The van der Waals surface area contributed by atoms with Crippen LogP contribution in [-0.4, -0.2) is 35.7 Å². The Balaban J connectivity index is 1.56. The second-order valence-corrected chi connectivity index (χ2v) is 10.9. The molecule has 2 saturated heterocycles. The van der Waals surface area contributed by atoms with Crippen molar-refractivity contribution >= 4 is 11.6 Å². The van der Waals surface area contributed by atoms with E-state index in [9.17, 15) is 0 Å². The molecule has 2 aromatic rings. The molecule has 0 spiro atoms.